The molecule has 1 saturated heterocycles. The second-order valence-electron chi connectivity index (χ2n) is 9.70. The molecule has 7 atom stereocenters. The average Bonchev–Trinajstić information content (AvgIpc) is 3.50. The van der Waals surface area contributed by atoms with Gasteiger partial charge in [0.2, 0.25) is 5.28 Å². The molecule has 0 spiro atoms. The maximum Gasteiger partial charge on any atom is 0.346 e. The van der Waals surface area contributed by atoms with E-state index in [0.29, 0.717) is 11.2 Å². The van der Waals surface area contributed by atoms with E-state index in [0.717, 1.165) is 30.0 Å². The molecule has 0 saturated carbocycles. The summed E-state index contributed by atoms with van der Waals surface area (Å²) in [5.74, 6) is -0.697. The van der Waals surface area contributed by atoms with E-state index < -0.39 is 58.8 Å². The number of aromatic nitrogens is 4. The molecule has 3 unspecified atom stereocenters. The number of halogens is 1. The second kappa shape index (κ2) is 10.3. The van der Waals surface area contributed by atoms with Crippen molar-refractivity contribution in [1.29, 1.82) is 0 Å². The summed E-state index contributed by atoms with van der Waals surface area (Å²) in [5.41, 5.74) is 2.48. The van der Waals surface area contributed by atoms with Crippen LogP contribution in [-0.2, 0) is 25.6 Å². The molecule has 212 valence electrons. The van der Waals surface area contributed by atoms with Crippen LogP contribution in [0.15, 0.2) is 30.5 Å². The third kappa shape index (κ3) is 5.31. The van der Waals surface area contributed by atoms with E-state index in [1.807, 2.05) is 18.2 Å². The first-order valence-electron chi connectivity index (χ1n) is 12.0. The Labute approximate surface area is 227 Å². The molecule has 0 bridgehead atoms. The zero-order chi connectivity index (χ0) is 28.3. The molecule has 3 heterocycles. The van der Waals surface area contributed by atoms with Gasteiger partial charge in [0.1, 0.15) is 24.1 Å². The highest BCUT2D eigenvalue weighted by molar-refractivity contribution is 7.98. The van der Waals surface area contributed by atoms with Crippen molar-refractivity contribution < 1.29 is 42.8 Å². The number of anilines is 1. The maximum atomic E-state index is 12.8. The SMILES string of the molecule is CC(O)C(P(=O)(O)O)S(=O)(=O)C[C@H]1O[C@@H](n2ncc3c(NC4CCc5ccccc54)nc(Cl)nc32)[C@H](O)[C@@H]1O. The van der Waals surface area contributed by atoms with E-state index in [-0.39, 0.29) is 17.0 Å². The van der Waals surface area contributed by atoms with E-state index in [2.05, 4.69) is 26.4 Å². The average molecular weight is 604 g/mol. The van der Waals surface area contributed by atoms with E-state index in [1.54, 1.807) is 0 Å². The van der Waals surface area contributed by atoms with Gasteiger partial charge in [0.15, 0.2) is 26.7 Å². The van der Waals surface area contributed by atoms with Crippen molar-refractivity contribution in [3.05, 3.63) is 46.9 Å². The number of hydrogen-bond donors (Lipinski definition) is 6. The molecular formula is C22H27ClN5O9PS. The lowest BCUT2D eigenvalue weighted by Crippen LogP contribution is -2.41. The van der Waals surface area contributed by atoms with Crippen molar-refractivity contribution in [1.82, 2.24) is 19.7 Å². The van der Waals surface area contributed by atoms with Gasteiger partial charge in [0, 0.05) is 0 Å². The summed E-state index contributed by atoms with van der Waals surface area (Å²) < 4.78 is 44.1. The Morgan fingerprint density at radius 3 is 2.64 bits per heavy atom. The Morgan fingerprint density at radius 1 is 1.23 bits per heavy atom. The monoisotopic (exact) mass is 603 g/mol. The molecule has 0 amide bonds. The molecule has 5 rings (SSSR count). The number of benzene rings is 1. The Balaban J connectivity index is 1.42. The lowest BCUT2D eigenvalue weighted by molar-refractivity contribution is -0.0365. The fourth-order valence-electron chi connectivity index (χ4n) is 5.25. The van der Waals surface area contributed by atoms with Crippen molar-refractivity contribution in [2.24, 2.45) is 0 Å². The third-order valence-corrected chi connectivity index (χ3v) is 11.9. The van der Waals surface area contributed by atoms with E-state index in [4.69, 9.17) is 16.3 Å². The number of aliphatic hydroxyl groups is 3. The van der Waals surface area contributed by atoms with Crippen molar-refractivity contribution in [3.63, 3.8) is 0 Å². The molecule has 2 aliphatic rings. The Bertz CT molecular complexity index is 1550. The van der Waals surface area contributed by atoms with Crippen LogP contribution in [0.5, 0.6) is 0 Å². The molecule has 1 aliphatic carbocycles. The van der Waals surface area contributed by atoms with Crippen LogP contribution in [0.2, 0.25) is 5.28 Å². The molecule has 0 radical (unpaired) electrons. The van der Waals surface area contributed by atoms with Crippen LogP contribution in [0.4, 0.5) is 5.82 Å². The van der Waals surface area contributed by atoms with Gasteiger partial charge in [-0.1, -0.05) is 24.3 Å². The zero-order valence-corrected chi connectivity index (χ0v) is 22.9. The summed E-state index contributed by atoms with van der Waals surface area (Å²) in [4.78, 5) is 25.0. The predicted molar refractivity (Wildman–Crippen MR) is 139 cm³/mol. The topological polar surface area (TPSA) is 217 Å². The Kier molecular flexibility index (Phi) is 7.50. The summed E-state index contributed by atoms with van der Waals surface area (Å²) in [5, 5.41) is 38.9. The minimum Gasteiger partial charge on any atom is -0.391 e. The molecule has 14 nitrogen and oxygen atoms in total. The van der Waals surface area contributed by atoms with Crippen LogP contribution in [0.3, 0.4) is 0 Å². The number of sulfone groups is 1. The first-order valence-corrected chi connectivity index (χ1v) is 15.8. The second-order valence-corrected chi connectivity index (χ2v) is 14.3. The molecule has 3 aromatic rings. The first-order chi connectivity index (χ1) is 18.3. The highest BCUT2D eigenvalue weighted by Crippen LogP contribution is 2.47. The number of hydrogen-bond acceptors (Lipinski definition) is 11. The number of fused-ring (bicyclic) bond motifs is 2. The Hall–Kier alpha value is -2.20. The minimum absolute atomic E-state index is 0.0423. The van der Waals surface area contributed by atoms with Crippen LogP contribution in [-0.4, -0.2) is 88.4 Å². The standard InChI is InChI=1S/C22H27ClN5O9PS/c1-10(29)21(38(32,33)34)39(35,36)9-15-16(30)17(31)20(37-15)28-19-13(8-24-28)18(26-22(23)27-19)25-14-7-6-11-4-2-3-5-12(11)14/h2-5,8,10,14-17,20-21,29-31H,6-7,9H2,1H3,(H,25,26,27)(H2,32,33,34)/t10?,14?,15-,16-,17-,20-,21?/m1/s1. The molecule has 1 aromatic carbocycles. The van der Waals surface area contributed by atoms with Gasteiger partial charge in [-0.3, -0.25) is 4.57 Å². The number of rotatable bonds is 8. The van der Waals surface area contributed by atoms with Gasteiger partial charge in [-0.2, -0.15) is 15.1 Å². The Morgan fingerprint density at radius 2 is 1.95 bits per heavy atom. The van der Waals surface area contributed by atoms with Crippen molar-refractivity contribution in [3.8, 4) is 0 Å². The van der Waals surface area contributed by atoms with Gasteiger partial charge in [-0.05, 0) is 42.5 Å². The molecule has 2 aromatic heterocycles. The molecule has 17 heteroatoms. The highest BCUT2D eigenvalue weighted by Gasteiger charge is 2.51. The van der Waals surface area contributed by atoms with Gasteiger partial charge >= 0.3 is 7.60 Å². The molecule has 39 heavy (non-hydrogen) atoms. The summed E-state index contributed by atoms with van der Waals surface area (Å²) in [6.45, 7) is 0.931. The van der Waals surface area contributed by atoms with E-state index in [1.165, 1.54) is 11.8 Å². The van der Waals surface area contributed by atoms with Crippen LogP contribution >= 0.6 is 19.2 Å². The fraction of sp³-hybridized carbons (Fsp3) is 0.500. The van der Waals surface area contributed by atoms with Gasteiger partial charge < -0.3 is 35.2 Å². The van der Waals surface area contributed by atoms with Gasteiger partial charge in [0.25, 0.3) is 0 Å². The smallest absolute Gasteiger partial charge is 0.346 e. The summed E-state index contributed by atoms with van der Waals surface area (Å²) >= 11 is 6.20. The van der Waals surface area contributed by atoms with Crippen LogP contribution in [0.25, 0.3) is 11.0 Å². The summed E-state index contributed by atoms with van der Waals surface area (Å²) in [7, 11) is -9.98. The van der Waals surface area contributed by atoms with Crippen LogP contribution in [0.1, 0.15) is 36.7 Å². The summed E-state index contributed by atoms with van der Waals surface area (Å²) in [6.07, 6.45) is -5.22. The largest absolute Gasteiger partial charge is 0.391 e. The molecular weight excluding hydrogens is 577 g/mol. The number of aliphatic hydroxyl groups excluding tert-OH is 3. The normalized spacial score (nSPS) is 27.0. The minimum atomic E-state index is -5.28. The van der Waals surface area contributed by atoms with E-state index in [9.17, 15) is 38.1 Å². The highest BCUT2D eigenvalue weighted by atomic mass is 35.5. The number of aryl methyl sites for hydroxylation is 1. The maximum absolute atomic E-state index is 12.8. The van der Waals surface area contributed by atoms with Crippen molar-refractivity contribution in [2.75, 3.05) is 11.1 Å². The van der Waals surface area contributed by atoms with Crippen LogP contribution < -0.4 is 5.32 Å². The fourth-order valence-corrected chi connectivity index (χ4v) is 9.44. The zero-order valence-electron chi connectivity index (χ0n) is 20.4. The van der Waals surface area contributed by atoms with E-state index >= 15 is 0 Å². The van der Waals surface area contributed by atoms with Crippen molar-refractivity contribution in [2.45, 2.75) is 61.4 Å². The molecule has 1 aliphatic heterocycles. The number of ether oxygens (including phenoxy) is 1. The lowest BCUT2D eigenvalue weighted by Gasteiger charge is -2.23. The molecule has 6 N–H and O–H groups in total. The predicted octanol–water partition coefficient (Wildman–Crippen LogP) is 0.498. The third-order valence-electron chi connectivity index (χ3n) is 6.96. The van der Waals surface area contributed by atoms with Crippen LogP contribution in [0, 0.1) is 0 Å². The lowest BCUT2D eigenvalue weighted by atomic mass is 10.1. The van der Waals surface area contributed by atoms with Gasteiger partial charge in [0.05, 0.1) is 29.5 Å². The first kappa shape index (κ1) is 28.3. The number of nitrogens with one attached hydrogen (secondary N) is 1. The number of nitrogens with zero attached hydrogens (tertiary/aromatic N) is 4. The summed E-state index contributed by atoms with van der Waals surface area (Å²) in [6, 6.07) is 7.96. The quantitative estimate of drug-likeness (QED) is 0.153. The molecule has 1 fully saturated rings. The van der Waals surface area contributed by atoms with Gasteiger partial charge in [-0.15, -0.1) is 0 Å². The van der Waals surface area contributed by atoms with Crippen molar-refractivity contribution >= 4 is 45.9 Å². The van der Waals surface area contributed by atoms with Gasteiger partial charge in [-0.25, -0.2) is 13.1 Å².